The number of rotatable bonds is 2. The van der Waals surface area contributed by atoms with Crippen LogP contribution in [0.1, 0.15) is 12.0 Å². The highest BCUT2D eigenvalue weighted by Crippen LogP contribution is 2.16. The Morgan fingerprint density at radius 1 is 1.35 bits per heavy atom. The van der Waals surface area contributed by atoms with E-state index in [0.29, 0.717) is 6.42 Å². The summed E-state index contributed by atoms with van der Waals surface area (Å²) in [5.41, 5.74) is 2.13. The minimum absolute atomic E-state index is 0.293. The first-order valence-electron chi connectivity index (χ1n) is 5.75. The molecule has 0 unspecified atom stereocenters. The molecule has 1 aliphatic heterocycles. The first-order chi connectivity index (χ1) is 8.40. The number of carbonyl (C=O) groups excluding carboxylic acids is 1. The molecule has 1 aromatic carbocycles. The van der Waals surface area contributed by atoms with Crippen LogP contribution in [0.3, 0.4) is 0 Å². The molecule has 1 fully saturated rings. The van der Waals surface area contributed by atoms with Crippen LogP contribution < -0.4 is 4.90 Å². The van der Waals surface area contributed by atoms with E-state index < -0.39 is 0 Å². The number of hydrogen-bond acceptors (Lipinski definition) is 3. The van der Waals surface area contributed by atoms with E-state index in [2.05, 4.69) is 28.9 Å². The van der Waals surface area contributed by atoms with Crippen LogP contribution >= 0.6 is 0 Å². The maximum Gasteiger partial charge on any atom is 0.131 e. The van der Waals surface area contributed by atoms with Crippen molar-refractivity contribution in [2.45, 2.75) is 6.42 Å². The standard InChI is InChI=1S/C14H15NO2/c16-9-2-1-4-13-5-3-6-14(12-13)15-7-10-17-11-8-15/h3,5-6,9,12H,2,7-8,10-11H2. The Morgan fingerprint density at radius 3 is 2.94 bits per heavy atom. The number of morpholine rings is 1. The molecule has 3 nitrogen and oxygen atoms in total. The van der Waals surface area contributed by atoms with Gasteiger partial charge in [0.2, 0.25) is 0 Å². The second kappa shape index (κ2) is 6.07. The van der Waals surface area contributed by atoms with E-state index in [1.165, 1.54) is 5.69 Å². The molecule has 0 spiro atoms. The minimum atomic E-state index is 0.293. The van der Waals surface area contributed by atoms with E-state index in [-0.39, 0.29) is 0 Å². The lowest BCUT2D eigenvalue weighted by molar-refractivity contribution is -0.107. The monoisotopic (exact) mass is 229 g/mol. The Balaban J connectivity index is 2.10. The van der Waals surface area contributed by atoms with Crippen molar-refractivity contribution in [3.63, 3.8) is 0 Å². The third-order valence-corrected chi connectivity index (χ3v) is 2.64. The Bertz CT molecular complexity index is 439. The van der Waals surface area contributed by atoms with Crippen molar-refractivity contribution in [1.29, 1.82) is 0 Å². The second-order valence-corrected chi connectivity index (χ2v) is 3.82. The van der Waals surface area contributed by atoms with Crippen molar-refractivity contribution in [2.75, 3.05) is 31.2 Å². The van der Waals surface area contributed by atoms with Crippen LogP contribution in [0.4, 0.5) is 5.69 Å². The van der Waals surface area contributed by atoms with Gasteiger partial charge in [0, 0.05) is 24.3 Å². The molecule has 0 saturated carbocycles. The van der Waals surface area contributed by atoms with Gasteiger partial charge in [-0.2, -0.15) is 0 Å². The summed E-state index contributed by atoms with van der Waals surface area (Å²) in [5, 5.41) is 0. The zero-order chi connectivity index (χ0) is 11.9. The van der Waals surface area contributed by atoms with Crippen molar-refractivity contribution >= 4 is 12.0 Å². The van der Waals surface area contributed by atoms with E-state index in [4.69, 9.17) is 4.74 Å². The number of carbonyl (C=O) groups is 1. The molecule has 0 radical (unpaired) electrons. The van der Waals surface area contributed by atoms with Gasteiger partial charge in [0.15, 0.2) is 0 Å². The lowest BCUT2D eigenvalue weighted by atomic mass is 10.2. The Labute approximate surface area is 101 Å². The van der Waals surface area contributed by atoms with Crippen molar-refractivity contribution in [2.24, 2.45) is 0 Å². The van der Waals surface area contributed by atoms with Crippen LogP contribution in [-0.4, -0.2) is 32.6 Å². The molecule has 3 heteroatoms. The van der Waals surface area contributed by atoms with E-state index in [1.54, 1.807) is 0 Å². The molecule has 1 aromatic rings. The highest BCUT2D eigenvalue weighted by atomic mass is 16.5. The predicted molar refractivity (Wildman–Crippen MR) is 67.0 cm³/mol. The Hall–Kier alpha value is -1.79. The molecule has 0 atom stereocenters. The number of hydrogen-bond donors (Lipinski definition) is 0. The molecule has 0 bridgehead atoms. The summed E-state index contributed by atoms with van der Waals surface area (Å²) < 4.78 is 5.32. The molecule has 0 aromatic heterocycles. The van der Waals surface area contributed by atoms with Crippen LogP contribution in [0, 0.1) is 11.8 Å². The number of aldehydes is 1. The van der Waals surface area contributed by atoms with Gasteiger partial charge in [-0.1, -0.05) is 17.9 Å². The first kappa shape index (κ1) is 11.7. The molecule has 17 heavy (non-hydrogen) atoms. The van der Waals surface area contributed by atoms with Crippen LogP contribution in [0.25, 0.3) is 0 Å². The van der Waals surface area contributed by atoms with E-state index in [9.17, 15) is 4.79 Å². The fourth-order valence-corrected chi connectivity index (χ4v) is 1.80. The smallest absolute Gasteiger partial charge is 0.131 e. The summed E-state index contributed by atoms with van der Waals surface area (Å²) in [6, 6.07) is 8.09. The zero-order valence-electron chi connectivity index (χ0n) is 9.69. The van der Waals surface area contributed by atoms with E-state index in [0.717, 1.165) is 38.2 Å². The van der Waals surface area contributed by atoms with Crippen molar-refractivity contribution in [3.05, 3.63) is 29.8 Å². The van der Waals surface area contributed by atoms with Gasteiger partial charge in [0.05, 0.1) is 19.6 Å². The molecular formula is C14H15NO2. The molecule has 0 aliphatic carbocycles. The van der Waals surface area contributed by atoms with Gasteiger partial charge in [-0.25, -0.2) is 0 Å². The minimum Gasteiger partial charge on any atom is -0.378 e. The summed E-state index contributed by atoms with van der Waals surface area (Å²) in [6.07, 6.45) is 1.11. The molecular weight excluding hydrogens is 214 g/mol. The number of anilines is 1. The van der Waals surface area contributed by atoms with Crippen molar-refractivity contribution in [1.82, 2.24) is 0 Å². The molecule has 0 amide bonds. The van der Waals surface area contributed by atoms with Crippen LogP contribution in [0.2, 0.25) is 0 Å². The SMILES string of the molecule is O=CCC#Cc1cccc(N2CCOCC2)c1. The molecule has 88 valence electrons. The third kappa shape index (κ3) is 3.33. The highest BCUT2D eigenvalue weighted by Gasteiger charge is 2.10. The largest absolute Gasteiger partial charge is 0.378 e. The predicted octanol–water partition coefficient (Wildman–Crippen LogP) is 1.46. The van der Waals surface area contributed by atoms with Gasteiger partial charge in [0.25, 0.3) is 0 Å². The lowest BCUT2D eigenvalue weighted by Crippen LogP contribution is -2.36. The average molecular weight is 229 g/mol. The maximum atomic E-state index is 10.2. The van der Waals surface area contributed by atoms with Crippen LogP contribution in [-0.2, 0) is 9.53 Å². The Morgan fingerprint density at radius 2 is 2.18 bits per heavy atom. The van der Waals surface area contributed by atoms with Gasteiger partial charge in [-0.05, 0) is 18.2 Å². The number of ether oxygens (including phenoxy) is 1. The summed E-state index contributed by atoms with van der Waals surface area (Å²) in [7, 11) is 0. The summed E-state index contributed by atoms with van der Waals surface area (Å²) in [4.78, 5) is 12.5. The van der Waals surface area contributed by atoms with Gasteiger partial charge >= 0.3 is 0 Å². The summed E-state index contributed by atoms with van der Waals surface area (Å²) in [5.74, 6) is 5.81. The average Bonchev–Trinajstić information content (AvgIpc) is 2.41. The van der Waals surface area contributed by atoms with Crippen molar-refractivity contribution < 1.29 is 9.53 Å². The molecule has 2 rings (SSSR count). The summed E-state index contributed by atoms with van der Waals surface area (Å²) >= 11 is 0. The number of nitrogens with zero attached hydrogens (tertiary/aromatic N) is 1. The highest BCUT2D eigenvalue weighted by molar-refractivity contribution is 5.56. The second-order valence-electron chi connectivity index (χ2n) is 3.82. The van der Waals surface area contributed by atoms with Crippen molar-refractivity contribution in [3.8, 4) is 11.8 Å². The fraction of sp³-hybridized carbons (Fsp3) is 0.357. The first-order valence-corrected chi connectivity index (χ1v) is 5.75. The van der Waals surface area contributed by atoms with Gasteiger partial charge in [-0.15, -0.1) is 0 Å². The fourth-order valence-electron chi connectivity index (χ4n) is 1.80. The molecule has 1 saturated heterocycles. The molecule has 0 N–H and O–H groups in total. The van der Waals surface area contributed by atoms with Gasteiger partial charge in [0.1, 0.15) is 6.29 Å². The molecule has 1 heterocycles. The number of benzene rings is 1. The summed E-state index contributed by atoms with van der Waals surface area (Å²) in [6.45, 7) is 3.40. The van der Waals surface area contributed by atoms with Gasteiger partial charge in [-0.3, -0.25) is 0 Å². The maximum absolute atomic E-state index is 10.2. The zero-order valence-corrected chi connectivity index (χ0v) is 9.69. The third-order valence-electron chi connectivity index (χ3n) is 2.64. The normalized spacial score (nSPS) is 14.9. The Kier molecular flexibility index (Phi) is 4.17. The quantitative estimate of drug-likeness (QED) is 0.568. The topological polar surface area (TPSA) is 29.5 Å². The van der Waals surface area contributed by atoms with E-state index >= 15 is 0 Å². The van der Waals surface area contributed by atoms with Crippen LogP contribution in [0.15, 0.2) is 24.3 Å². The van der Waals surface area contributed by atoms with Gasteiger partial charge < -0.3 is 14.4 Å². The van der Waals surface area contributed by atoms with Crippen LogP contribution in [0.5, 0.6) is 0 Å². The van der Waals surface area contributed by atoms with E-state index in [1.807, 2.05) is 12.1 Å². The molecule has 1 aliphatic rings. The lowest BCUT2D eigenvalue weighted by Gasteiger charge is -2.28.